The van der Waals surface area contributed by atoms with Gasteiger partial charge in [-0.2, -0.15) is 0 Å². The molecule has 0 spiro atoms. The molecule has 0 heterocycles. The van der Waals surface area contributed by atoms with E-state index in [1.165, 1.54) is 12.1 Å². The van der Waals surface area contributed by atoms with Gasteiger partial charge in [-0.25, -0.2) is 8.78 Å². The molecule has 2 nitrogen and oxygen atoms in total. The van der Waals surface area contributed by atoms with Crippen LogP contribution in [0.5, 0.6) is 0 Å². The smallest absolute Gasteiger partial charge is 0.133 e. The van der Waals surface area contributed by atoms with E-state index in [9.17, 15) is 8.78 Å². The van der Waals surface area contributed by atoms with E-state index in [1.807, 2.05) is 6.92 Å². The maximum atomic E-state index is 14.0. The Labute approximate surface area is 106 Å². The second-order valence-electron chi connectivity index (χ2n) is 4.88. The molecule has 0 amide bonds. The zero-order valence-corrected chi connectivity index (χ0v) is 10.7. The van der Waals surface area contributed by atoms with Crippen molar-refractivity contribution in [3.8, 4) is 0 Å². The maximum Gasteiger partial charge on any atom is 0.133 e. The van der Waals surface area contributed by atoms with Crippen LogP contribution in [0, 0.1) is 24.5 Å². The molecule has 2 unspecified atom stereocenters. The van der Waals surface area contributed by atoms with Gasteiger partial charge in [0.25, 0.3) is 0 Å². The van der Waals surface area contributed by atoms with Crippen molar-refractivity contribution >= 4 is 0 Å². The van der Waals surface area contributed by atoms with E-state index in [2.05, 4.69) is 0 Å². The molecule has 0 saturated heterocycles. The van der Waals surface area contributed by atoms with Crippen molar-refractivity contribution in [3.05, 3.63) is 34.9 Å². The van der Waals surface area contributed by atoms with Crippen molar-refractivity contribution in [2.45, 2.75) is 38.8 Å². The van der Waals surface area contributed by atoms with Gasteiger partial charge in [0.1, 0.15) is 11.6 Å². The van der Waals surface area contributed by atoms with Crippen LogP contribution in [0.1, 0.15) is 36.9 Å². The summed E-state index contributed by atoms with van der Waals surface area (Å²) in [6, 6.07) is 1.95. The minimum absolute atomic E-state index is 0.0413. The highest BCUT2D eigenvalue weighted by Crippen LogP contribution is 2.40. The van der Waals surface area contributed by atoms with Crippen LogP contribution in [-0.4, -0.2) is 12.7 Å². The SMILES string of the molecule is CCOC(C1CC1)C(N)c1c(F)ccc(C)c1F. The molecule has 1 aliphatic rings. The molecule has 0 aromatic heterocycles. The van der Waals surface area contributed by atoms with Gasteiger partial charge in [-0.05, 0) is 44.2 Å². The van der Waals surface area contributed by atoms with Crippen molar-refractivity contribution < 1.29 is 13.5 Å². The van der Waals surface area contributed by atoms with Gasteiger partial charge in [0, 0.05) is 12.2 Å². The Morgan fingerprint density at radius 3 is 2.61 bits per heavy atom. The third kappa shape index (κ3) is 2.54. The van der Waals surface area contributed by atoms with Gasteiger partial charge in [-0.1, -0.05) is 6.07 Å². The summed E-state index contributed by atoms with van der Waals surface area (Å²) >= 11 is 0. The first-order valence-corrected chi connectivity index (χ1v) is 6.38. The number of aryl methyl sites for hydroxylation is 1. The molecule has 1 saturated carbocycles. The average molecular weight is 255 g/mol. The van der Waals surface area contributed by atoms with Crippen LogP contribution in [0.25, 0.3) is 0 Å². The summed E-state index contributed by atoms with van der Waals surface area (Å²) in [5.41, 5.74) is 6.40. The van der Waals surface area contributed by atoms with Crippen molar-refractivity contribution in [2.24, 2.45) is 11.7 Å². The molecule has 2 rings (SSSR count). The fourth-order valence-corrected chi connectivity index (χ4v) is 2.30. The first kappa shape index (κ1) is 13.4. The van der Waals surface area contributed by atoms with Crippen LogP contribution in [0.4, 0.5) is 8.78 Å². The quantitative estimate of drug-likeness (QED) is 0.877. The lowest BCUT2D eigenvalue weighted by molar-refractivity contribution is 0.0266. The summed E-state index contributed by atoms with van der Waals surface area (Å²) in [4.78, 5) is 0. The first-order valence-electron chi connectivity index (χ1n) is 6.38. The zero-order chi connectivity index (χ0) is 13.3. The predicted octanol–water partition coefficient (Wildman–Crippen LogP) is 3.09. The van der Waals surface area contributed by atoms with Crippen molar-refractivity contribution in [1.29, 1.82) is 0 Å². The fourth-order valence-electron chi connectivity index (χ4n) is 2.30. The van der Waals surface area contributed by atoms with E-state index < -0.39 is 17.7 Å². The van der Waals surface area contributed by atoms with E-state index in [1.54, 1.807) is 6.92 Å². The summed E-state index contributed by atoms with van der Waals surface area (Å²) in [5, 5.41) is 0. The number of hydrogen-bond acceptors (Lipinski definition) is 2. The molecule has 2 N–H and O–H groups in total. The monoisotopic (exact) mass is 255 g/mol. The minimum Gasteiger partial charge on any atom is -0.376 e. The Morgan fingerprint density at radius 2 is 2.06 bits per heavy atom. The van der Waals surface area contributed by atoms with Crippen LogP contribution in [0.15, 0.2) is 12.1 Å². The van der Waals surface area contributed by atoms with Gasteiger partial charge in [-0.3, -0.25) is 0 Å². The molecule has 0 radical (unpaired) electrons. The molecule has 18 heavy (non-hydrogen) atoms. The molecule has 1 fully saturated rings. The summed E-state index contributed by atoms with van der Waals surface area (Å²) in [5.74, 6) is -0.803. The van der Waals surface area contributed by atoms with Gasteiger partial charge < -0.3 is 10.5 Å². The number of halogens is 2. The molecule has 4 heteroatoms. The molecular weight excluding hydrogens is 236 g/mol. The van der Waals surface area contributed by atoms with E-state index in [4.69, 9.17) is 10.5 Å². The second kappa shape index (κ2) is 5.33. The average Bonchev–Trinajstić information content (AvgIpc) is 3.15. The Morgan fingerprint density at radius 1 is 1.39 bits per heavy atom. The van der Waals surface area contributed by atoms with Gasteiger partial charge >= 0.3 is 0 Å². The van der Waals surface area contributed by atoms with Crippen LogP contribution in [-0.2, 0) is 4.74 Å². The van der Waals surface area contributed by atoms with E-state index >= 15 is 0 Å². The van der Waals surface area contributed by atoms with Crippen LogP contribution >= 0.6 is 0 Å². The molecule has 0 bridgehead atoms. The number of ether oxygens (including phenoxy) is 1. The standard InChI is InChI=1S/C14H19F2NO/c1-3-18-14(9-5-6-9)13(17)11-10(15)7-4-8(2)12(11)16/h4,7,9,13-14H,3,5-6,17H2,1-2H3. The number of benzene rings is 1. The van der Waals surface area contributed by atoms with Crippen molar-refractivity contribution in [2.75, 3.05) is 6.61 Å². The lowest BCUT2D eigenvalue weighted by atomic mass is 9.96. The molecule has 1 aliphatic carbocycles. The van der Waals surface area contributed by atoms with Gasteiger partial charge in [-0.15, -0.1) is 0 Å². The van der Waals surface area contributed by atoms with E-state index in [-0.39, 0.29) is 11.7 Å². The second-order valence-corrected chi connectivity index (χ2v) is 4.88. The van der Waals surface area contributed by atoms with E-state index in [0.29, 0.717) is 18.1 Å². The Kier molecular flexibility index (Phi) is 3.97. The molecular formula is C14H19F2NO. The number of hydrogen-bond donors (Lipinski definition) is 1. The van der Waals surface area contributed by atoms with Gasteiger partial charge in [0.15, 0.2) is 0 Å². The first-order chi connectivity index (χ1) is 8.56. The third-order valence-electron chi connectivity index (χ3n) is 3.45. The molecule has 0 aliphatic heterocycles. The summed E-state index contributed by atoms with van der Waals surface area (Å²) in [7, 11) is 0. The zero-order valence-electron chi connectivity index (χ0n) is 10.7. The third-order valence-corrected chi connectivity index (χ3v) is 3.45. The maximum absolute atomic E-state index is 14.0. The lowest BCUT2D eigenvalue weighted by Crippen LogP contribution is -2.32. The molecule has 1 aromatic rings. The van der Waals surface area contributed by atoms with Gasteiger partial charge in [0.05, 0.1) is 12.1 Å². The largest absolute Gasteiger partial charge is 0.376 e. The highest BCUT2D eigenvalue weighted by molar-refractivity contribution is 5.30. The Hall–Kier alpha value is -1.00. The van der Waals surface area contributed by atoms with Crippen LogP contribution < -0.4 is 5.73 Å². The molecule has 2 atom stereocenters. The van der Waals surface area contributed by atoms with Gasteiger partial charge in [0.2, 0.25) is 0 Å². The summed E-state index contributed by atoms with van der Waals surface area (Å²) in [6.07, 6.45) is 1.75. The topological polar surface area (TPSA) is 35.2 Å². The highest BCUT2D eigenvalue weighted by Gasteiger charge is 2.38. The highest BCUT2D eigenvalue weighted by atomic mass is 19.1. The Bertz CT molecular complexity index is 432. The Balaban J connectivity index is 2.31. The van der Waals surface area contributed by atoms with Crippen molar-refractivity contribution in [1.82, 2.24) is 0 Å². The normalized spacial score (nSPS) is 18.7. The van der Waals surface area contributed by atoms with E-state index in [0.717, 1.165) is 12.8 Å². The fraction of sp³-hybridized carbons (Fsp3) is 0.571. The lowest BCUT2D eigenvalue weighted by Gasteiger charge is -2.25. The van der Waals surface area contributed by atoms with Crippen molar-refractivity contribution in [3.63, 3.8) is 0 Å². The van der Waals surface area contributed by atoms with Crippen LogP contribution in [0.2, 0.25) is 0 Å². The molecule has 100 valence electrons. The predicted molar refractivity (Wildman–Crippen MR) is 66.2 cm³/mol. The minimum atomic E-state index is -0.739. The number of nitrogens with two attached hydrogens (primary N) is 1. The number of rotatable bonds is 5. The molecule has 1 aromatic carbocycles. The summed E-state index contributed by atoms with van der Waals surface area (Å²) in [6.45, 7) is 3.98. The van der Waals surface area contributed by atoms with Crippen LogP contribution in [0.3, 0.4) is 0 Å². The summed E-state index contributed by atoms with van der Waals surface area (Å²) < 4.78 is 33.4.